The molecule has 1 amide bonds. The number of rotatable bonds is 4. The number of imidazole rings is 1. The van der Waals surface area contributed by atoms with Crippen LogP contribution in [0.25, 0.3) is 4.83 Å². The highest BCUT2D eigenvalue weighted by atomic mass is 32.1. The summed E-state index contributed by atoms with van der Waals surface area (Å²) in [7, 11) is 0. The van der Waals surface area contributed by atoms with Crippen molar-refractivity contribution in [3.8, 4) is 0 Å². The Bertz CT molecular complexity index is 1020. The minimum atomic E-state index is -0.119. The number of carbonyl (C=O) groups excluding carboxylic acids is 1. The monoisotopic (exact) mass is 400 g/mol. The molecule has 0 aliphatic carbocycles. The van der Waals surface area contributed by atoms with E-state index in [1.165, 1.54) is 10.5 Å². The number of hydrogen-bond acceptors (Lipinski definition) is 5. The summed E-state index contributed by atoms with van der Waals surface area (Å²) in [5.41, 5.74) is 2.38. The smallest absolute Gasteiger partial charge is 0.227 e. The third kappa shape index (κ3) is 3.34. The Hall–Kier alpha value is -2.22. The van der Waals surface area contributed by atoms with Crippen molar-refractivity contribution >= 4 is 22.1 Å². The van der Waals surface area contributed by atoms with Crippen molar-refractivity contribution in [2.45, 2.75) is 59.9 Å². The van der Waals surface area contributed by atoms with Crippen LogP contribution in [0.3, 0.4) is 0 Å². The average molecular weight is 401 g/mol. The Morgan fingerprint density at radius 2 is 2.04 bits per heavy atom. The Labute approximate surface area is 169 Å². The molecule has 0 saturated carbocycles. The molecule has 1 saturated heterocycles. The number of fused-ring (bicyclic) bond motifs is 1. The molecule has 4 rings (SSSR count). The van der Waals surface area contributed by atoms with Gasteiger partial charge < -0.3 is 4.90 Å². The molecule has 1 aliphatic heterocycles. The van der Waals surface area contributed by atoms with E-state index in [4.69, 9.17) is 4.98 Å². The maximum Gasteiger partial charge on any atom is 0.227 e. The van der Waals surface area contributed by atoms with E-state index >= 15 is 0 Å². The van der Waals surface area contributed by atoms with Crippen molar-refractivity contribution in [2.75, 3.05) is 13.1 Å². The lowest BCUT2D eigenvalue weighted by molar-refractivity contribution is -0.136. The van der Waals surface area contributed by atoms with Gasteiger partial charge in [0.25, 0.3) is 0 Å². The number of amides is 1. The molecule has 2 atom stereocenters. The van der Waals surface area contributed by atoms with Gasteiger partial charge in [0, 0.05) is 30.1 Å². The standard InChI is InChI=1S/C20H28N6OS/c1-12(9-25-15(4)21-14(3)23-25)19(27)24-8-6-7-17(10-24)18-20-26(16(5)22-18)13(2)11-28-20/h11-12,17H,6-10H2,1-5H3/t12-,17+/m0/s1. The summed E-state index contributed by atoms with van der Waals surface area (Å²) in [5, 5.41) is 6.59. The Morgan fingerprint density at radius 1 is 1.25 bits per heavy atom. The lowest BCUT2D eigenvalue weighted by Gasteiger charge is -2.33. The van der Waals surface area contributed by atoms with Crippen molar-refractivity contribution in [3.63, 3.8) is 0 Å². The second-order valence-corrected chi connectivity index (χ2v) is 8.83. The summed E-state index contributed by atoms with van der Waals surface area (Å²) in [4.78, 5) is 25.6. The van der Waals surface area contributed by atoms with E-state index in [1.54, 1.807) is 11.3 Å². The highest BCUT2D eigenvalue weighted by Crippen LogP contribution is 2.33. The fourth-order valence-electron chi connectivity index (χ4n) is 4.31. The number of hydrogen-bond donors (Lipinski definition) is 0. The molecular formula is C20H28N6OS. The molecule has 28 heavy (non-hydrogen) atoms. The van der Waals surface area contributed by atoms with E-state index in [1.807, 2.05) is 30.4 Å². The SMILES string of the molecule is Cc1nc(C)n(C[C@H](C)C(=O)N2CCC[C@@H](c3nc(C)n4c(C)csc34)C2)n1. The largest absolute Gasteiger partial charge is 0.342 e. The van der Waals surface area contributed by atoms with Gasteiger partial charge in [-0.2, -0.15) is 5.10 Å². The van der Waals surface area contributed by atoms with Crippen LogP contribution in [0.2, 0.25) is 0 Å². The number of aryl methyl sites for hydroxylation is 4. The minimum Gasteiger partial charge on any atom is -0.342 e. The van der Waals surface area contributed by atoms with Crippen molar-refractivity contribution in [3.05, 3.63) is 34.2 Å². The number of aromatic nitrogens is 5. The maximum absolute atomic E-state index is 13.1. The van der Waals surface area contributed by atoms with Gasteiger partial charge in [-0.1, -0.05) is 6.92 Å². The predicted octanol–water partition coefficient (Wildman–Crippen LogP) is 3.26. The molecule has 0 bridgehead atoms. The molecule has 0 unspecified atom stereocenters. The van der Waals surface area contributed by atoms with Crippen molar-refractivity contribution < 1.29 is 4.79 Å². The van der Waals surface area contributed by atoms with E-state index < -0.39 is 0 Å². The van der Waals surface area contributed by atoms with Gasteiger partial charge in [-0.05, 0) is 40.5 Å². The molecule has 0 spiro atoms. The van der Waals surface area contributed by atoms with Crippen molar-refractivity contribution in [1.82, 2.24) is 29.0 Å². The Kier molecular flexibility index (Phi) is 4.99. The summed E-state index contributed by atoms with van der Waals surface area (Å²) in [6, 6.07) is 0. The zero-order chi connectivity index (χ0) is 20.0. The van der Waals surface area contributed by atoms with Crippen molar-refractivity contribution in [2.24, 2.45) is 5.92 Å². The van der Waals surface area contributed by atoms with Gasteiger partial charge in [-0.15, -0.1) is 11.3 Å². The number of carbonyl (C=O) groups is 1. The Balaban J connectivity index is 1.50. The first-order chi connectivity index (χ1) is 13.3. The van der Waals surface area contributed by atoms with Gasteiger partial charge in [0.05, 0.1) is 18.2 Å². The molecule has 3 aromatic heterocycles. The van der Waals surface area contributed by atoms with Crippen LogP contribution in [0.4, 0.5) is 0 Å². The number of likely N-dealkylation sites (tertiary alicyclic amines) is 1. The predicted molar refractivity (Wildman–Crippen MR) is 110 cm³/mol. The van der Waals surface area contributed by atoms with Crippen molar-refractivity contribution in [1.29, 1.82) is 0 Å². The van der Waals surface area contributed by atoms with Gasteiger partial charge in [-0.25, -0.2) is 14.6 Å². The third-order valence-electron chi connectivity index (χ3n) is 5.67. The fourth-order valence-corrected chi connectivity index (χ4v) is 5.41. The normalized spacial score (nSPS) is 18.8. The molecule has 1 fully saturated rings. The first-order valence-corrected chi connectivity index (χ1v) is 10.8. The molecular weight excluding hydrogens is 372 g/mol. The molecule has 3 aromatic rings. The van der Waals surface area contributed by atoms with E-state index in [9.17, 15) is 4.79 Å². The topological polar surface area (TPSA) is 68.3 Å². The van der Waals surface area contributed by atoms with Crippen LogP contribution >= 0.6 is 11.3 Å². The molecule has 1 aliphatic rings. The molecule has 8 heteroatoms. The molecule has 150 valence electrons. The quantitative estimate of drug-likeness (QED) is 0.674. The van der Waals surface area contributed by atoms with Gasteiger partial charge in [-0.3, -0.25) is 9.20 Å². The fraction of sp³-hybridized carbons (Fsp3) is 0.600. The summed E-state index contributed by atoms with van der Waals surface area (Å²) in [6.07, 6.45) is 2.11. The Morgan fingerprint density at radius 3 is 2.75 bits per heavy atom. The second kappa shape index (κ2) is 7.31. The highest BCUT2D eigenvalue weighted by molar-refractivity contribution is 7.15. The molecule has 0 N–H and O–H groups in total. The lowest BCUT2D eigenvalue weighted by Crippen LogP contribution is -2.42. The third-order valence-corrected chi connectivity index (χ3v) is 6.75. The lowest BCUT2D eigenvalue weighted by atomic mass is 9.94. The zero-order valence-corrected chi connectivity index (χ0v) is 18.1. The van der Waals surface area contributed by atoms with Crippen LogP contribution in [0.15, 0.2) is 5.38 Å². The van der Waals surface area contributed by atoms with Gasteiger partial charge >= 0.3 is 0 Å². The van der Waals surface area contributed by atoms with Gasteiger partial charge in [0.15, 0.2) is 0 Å². The number of piperidine rings is 1. The second-order valence-electron chi connectivity index (χ2n) is 7.97. The number of nitrogens with zero attached hydrogens (tertiary/aromatic N) is 6. The molecule has 7 nitrogen and oxygen atoms in total. The first-order valence-electron chi connectivity index (χ1n) is 9.95. The van der Waals surface area contributed by atoms with Crippen LogP contribution in [0, 0.1) is 33.6 Å². The van der Waals surface area contributed by atoms with Crippen LogP contribution < -0.4 is 0 Å². The first kappa shape index (κ1) is 19.1. The van der Waals surface area contributed by atoms with E-state index in [0.717, 1.165) is 49.1 Å². The summed E-state index contributed by atoms with van der Waals surface area (Å²) >= 11 is 1.76. The van der Waals surface area contributed by atoms with Crippen LogP contribution in [-0.2, 0) is 11.3 Å². The van der Waals surface area contributed by atoms with E-state index in [-0.39, 0.29) is 11.8 Å². The van der Waals surface area contributed by atoms with E-state index in [2.05, 4.69) is 33.7 Å². The minimum absolute atomic E-state index is 0.119. The van der Waals surface area contributed by atoms with Gasteiger partial charge in [0.2, 0.25) is 5.91 Å². The summed E-state index contributed by atoms with van der Waals surface area (Å²) < 4.78 is 4.08. The average Bonchev–Trinajstić information content (AvgIpc) is 3.31. The van der Waals surface area contributed by atoms with Gasteiger partial charge in [0.1, 0.15) is 22.3 Å². The van der Waals surface area contributed by atoms with Crippen LogP contribution in [-0.4, -0.2) is 48.0 Å². The van der Waals surface area contributed by atoms with Crippen LogP contribution in [0.5, 0.6) is 0 Å². The molecule has 0 aromatic carbocycles. The highest BCUT2D eigenvalue weighted by Gasteiger charge is 2.31. The number of thiazole rings is 1. The molecule has 4 heterocycles. The van der Waals surface area contributed by atoms with Crippen LogP contribution in [0.1, 0.15) is 54.5 Å². The summed E-state index contributed by atoms with van der Waals surface area (Å²) in [6.45, 7) is 12.1. The van der Waals surface area contributed by atoms with E-state index in [0.29, 0.717) is 12.5 Å². The molecule has 0 radical (unpaired) electrons. The zero-order valence-electron chi connectivity index (χ0n) is 17.3. The maximum atomic E-state index is 13.1. The summed E-state index contributed by atoms with van der Waals surface area (Å²) in [5.74, 6) is 3.04.